The number of hydrogen-bond acceptors (Lipinski definition) is 6. The molecule has 0 aromatic heterocycles. The Kier molecular flexibility index (Phi) is 4.72. The molecule has 0 saturated carbocycles. The summed E-state index contributed by atoms with van der Waals surface area (Å²) in [6.07, 6.45) is -2.29. The lowest BCUT2D eigenvalue weighted by Crippen LogP contribution is -2.54. The van der Waals surface area contributed by atoms with Crippen LogP contribution in [0.1, 0.15) is 34.2 Å². The van der Waals surface area contributed by atoms with Crippen LogP contribution in [-0.4, -0.2) is 40.2 Å². The Balaban J connectivity index is 1.63. The first kappa shape index (κ1) is 18.1. The van der Waals surface area contributed by atoms with E-state index < -0.39 is 30.7 Å². The van der Waals surface area contributed by atoms with Crippen molar-refractivity contribution in [2.45, 2.75) is 43.5 Å². The molecule has 0 radical (unpaired) electrons. The first-order valence-corrected chi connectivity index (χ1v) is 8.95. The van der Waals surface area contributed by atoms with E-state index in [0.717, 1.165) is 22.3 Å². The van der Waals surface area contributed by atoms with Crippen LogP contribution >= 0.6 is 0 Å². The molecule has 0 bridgehead atoms. The quantitative estimate of drug-likeness (QED) is 0.756. The first-order valence-electron chi connectivity index (χ1n) is 8.95. The second kappa shape index (κ2) is 7.04. The molecule has 4 rings (SSSR count). The minimum absolute atomic E-state index is 0.109. The van der Waals surface area contributed by atoms with E-state index in [1.807, 2.05) is 30.3 Å². The molecule has 3 N–H and O–H groups in total. The standard InChI is InChI=1S/C21H21NO5/c22-10-14-3-1-13(2-4-14)7-15-5-6-16-12-26-21(17(16)8-15)9-18(24)20(25)19(11-23)27-21/h1-6,8,18-20,23-25H,7,9,11-12H2/t18-,19-,20+,21-/m1/s1. The van der Waals surface area contributed by atoms with E-state index >= 15 is 0 Å². The van der Waals surface area contributed by atoms with Crippen molar-refractivity contribution in [2.24, 2.45) is 0 Å². The van der Waals surface area contributed by atoms with Crippen LogP contribution in [0.15, 0.2) is 42.5 Å². The summed E-state index contributed by atoms with van der Waals surface area (Å²) in [5.41, 5.74) is 4.55. The van der Waals surface area contributed by atoms with Crippen molar-refractivity contribution < 1.29 is 24.8 Å². The van der Waals surface area contributed by atoms with Gasteiger partial charge in [-0.05, 0) is 41.3 Å². The lowest BCUT2D eigenvalue weighted by Gasteiger charge is -2.42. The highest BCUT2D eigenvalue weighted by molar-refractivity contribution is 5.41. The average Bonchev–Trinajstić information content (AvgIpc) is 3.03. The molecule has 2 aliphatic rings. The van der Waals surface area contributed by atoms with Gasteiger partial charge in [0, 0.05) is 12.0 Å². The van der Waals surface area contributed by atoms with Gasteiger partial charge in [0.25, 0.3) is 0 Å². The molecule has 6 nitrogen and oxygen atoms in total. The van der Waals surface area contributed by atoms with E-state index in [-0.39, 0.29) is 6.42 Å². The van der Waals surface area contributed by atoms with Gasteiger partial charge in [-0.25, -0.2) is 0 Å². The third-order valence-corrected chi connectivity index (χ3v) is 5.31. The monoisotopic (exact) mass is 367 g/mol. The number of nitrogens with zero attached hydrogens (tertiary/aromatic N) is 1. The van der Waals surface area contributed by atoms with Crippen LogP contribution in [0.3, 0.4) is 0 Å². The Morgan fingerprint density at radius 1 is 1.11 bits per heavy atom. The Labute approximate surface area is 157 Å². The fourth-order valence-electron chi connectivity index (χ4n) is 3.84. The number of hydrogen-bond donors (Lipinski definition) is 3. The Morgan fingerprint density at radius 2 is 1.85 bits per heavy atom. The van der Waals surface area contributed by atoms with Crippen molar-refractivity contribution in [1.82, 2.24) is 0 Å². The van der Waals surface area contributed by atoms with E-state index in [4.69, 9.17) is 14.7 Å². The fraction of sp³-hybridized carbons (Fsp3) is 0.381. The van der Waals surface area contributed by atoms with Gasteiger partial charge in [-0.1, -0.05) is 24.3 Å². The molecule has 0 unspecified atom stereocenters. The van der Waals surface area contributed by atoms with Gasteiger partial charge in [-0.2, -0.15) is 5.26 Å². The summed E-state index contributed by atoms with van der Waals surface area (Å²) < 4.78 is 11.8. The van der Waals surface area contributed by atoms with Gasteiger partial charge in [0.15, 0.2) is 5.79 Å². The van der Waals surface area contributed by atoms with Gasteiger partial charge in [0.05, 0.1) is 31.0 Å². The van der Waals surface area contributed by atoms with Crippen LogP contribution in [0.25, 0.3) is 0 Å². The van der Waals surface area contributed by atoms with Crippen molar-refractivity contribution >= 4 is 0 Å². The number of aliphatic hydroxyl groups is 3. The summed E-state index contributed by atoms with van der Waals surface area (Å²) in [6.45, 7) is -0.0446. The SMILES string of the molecule is N#Cc1ccc(Cc2ccc3c(c2)[C@]2(C[C@@H](O)[C@H](O)[C@@H](CO)O2)OC3)cc1. The summed E-state index contributed by atoms with van der Waals surface area (Å²) >= 11 is 0. The van der Waals surface area contributed by atoms with Gasteiger partial charge in [0.1, 0.15) is 12.2 Å². The normalized spacial score (nSPS) is 29.5. The molecule has 1 saturated heterocycles. The van der Waals surface area contributed by atoms with Crippen LogP contribution in [0, 0.1) is 11.3 Å². The highest BCUT2D eigenvalue weighted by Crippen LogP contribution is 2.45. The number of benzene rings is 2. The van der Waals surface area contributed by atoms with E-state index in [1.54, 1.807) is 12.1 Å². The zero-order valence-electron chi connectivity index (χ0n) is 14.7. The fourth-order valence-corrected chi connectivity index (χ4v) is 3.84. The molecule has 1 fully saturated rings. The van der Waals surface area contributed by atoms with Gasteiger partial charge in [0.2, 0.25) is 0 Å². The van der Waals surface area contributed by atoms with Crippen LogP contribution in [0.4, 0.5) is 0 Å². The van der Waals surface area contributed by atoms with Crippen molar-refractivity contribution in [1.29, 1.82) is 5.26 Å². The Hall–Kier alpha value is -2.27. The van der Waals surface area contributed by atoms with Gasteiger partial charge in [-0.15, -0.1) is 0 Å². The summed E-state index contributed by atoms with van der Waals surface area (Å²) in [6, 6.07) is 15.6. The summed E-state index contributed by atoms with van der Waals surface area (Å²) in [7, 11) is 0. The minimum atomic E-state index is -1.15. The van der Waals surface area contributed by atoms with Crippen LogP contribution < -0.4 is 0 Å². The van der Waals surface area contributed by atoms with E-state index in [0.29, 0.717) is 18.6 Å². The number of aliphatic hydroxyl groups excluding tert-OH is 3. The maximum absolute atomic E-state index is 10.2. The summed E-state index contributed by atoms with van der Waals surface area (Å²) in [5.74, 6) is -1.15. The van der Waals surface area contributed by atoms with Gasteiger partial charge >= 0.3 is 0 Å². The van der Waals surface area contributed by atoms with Crippen LogP contribution in [-0.2, 0) is 28.3 Å². The predicted molar refractivity (Wildman–Crippen MR) is 95.5 cm³/mol. The molecule has 2 aromatic rings. The van der Waals surface area contributed by atoms with Gasteiger partial charge in [-0.3, -0.25) is 0 Å². The van der Waals surface area contributed by atoms with Crippen molar-refractivity contribution in [2.75, 3.05) is 6.61 Å². The molecular formula is C21H21NO5. The molecule has 27 heavy (non-hydrogen) atoms. The smallest absolute Gasteiger partial charge is 0.198 e. The van der Waals surface area contributed by atoms with Crippen molar-refractivity contribution in [3.05, 3.63) is 70.3 Å². The van der Waals surface area contributed by atoms with E-state index in [9.17, 15) is 15.3 Å². The predicted octanol–water partition coefficient (Wildman–Crippen LogP) is 1.34. The molecule has 0 amide bonds. The average molecular weight is 367 g/mol. The molecule has 140 valence electrons. The highest BCUT2D eigenvalue weighted by atomic mass is 16.7. The summed E-state index contributed by atoms with van der Waals surface area (Å²) in [5, 5.41) is 38.6. The number of fused-ring (bicyclic) bond motifs is 2. The Morgan fingerprint density at radius 3 is 2.56 bits per heavy atom. The minimum Gasteiger partial charge on any atom is -0.394 e. The van der Waals surface area contributed by atoms with Crippen LogP contribution in [0.5, 0.6) is 0 Å². The second-order valence-corrected chi connectivity index (χ2v) is 7.12. The van der Waals surface area contributed by atoms with E-state index in [2.05, 4.69) is 6.07 Å². The Bertz CT molecular complexity index is 875. The second-order valence-electron chi connectivity index (χ2n) is 7.12. The van der Waals surface area contributed by atoms with E-state index in [1.165, 1.54) is 0 Å². The largest absolute Gasteiger partial charge is 0.394 e. The molecule has 0 aliphatic carbocycles. The number of nitriles is 1. The molecule has 2 heterocycles. The zero-order chi connectivity index (χ0) is 19.0. The molecule has 4 atom stereocenters. The summed E-state index contributed by atoms with van der Waals surface area (Å²) in [4.78, 5) is 0. The lowest BCUT2D eigenvalue weighted by molar-refractivity contribution is -0.326. The first-order chi connectivity index (χ1) is 13.0. The maximum atomic E-state index is 10.2. The third-order valence-electron chi connectivity index (χ3n) is 5.31. The lowest BCUT2D eigenvalue weighted by atomic mass is 9.88. The molecule has 6 heteroatoms. The van der Waals surface area contributed by atoms with Crippen molar-refractivity contribution in [3.63, 3.8) is 0 Å². The topological polar surface area (TPSA) is 103 Å². The van der Waals surface area contributed by atoms with Crippen LogP contribution in [0.2, 0.25) is 0 Å². The van der Waals surface area contributed by atoms with Gasteiger partial charge < -0.3 is 24.8 Å². The highest BCUT2D eigenvalue weighted by Gasteiger charge is 2.51. The maximum Gasteiger partial charge on any atom is 0.198 e. The molecule has 1 spiro atoms. The third kappa shape index (κ3) is 3.25. The number of rotatable bonds is 3. The van der Waals surface area contributed by atoms with Crippen molar-refractivity contribution in [3.8, 4) is 6.07 Å². The number of ether oxygens (including phenoxy) is 2. The molecule has 2 aliphatic heterocycles. The molecular weight excluding hydrogens is 346 g/mol. The molecule has 2 aromatic carbocycles. The zero-order valence-corrected chi connectivity index (χ0v) is 14.7.